The first kappa shape index (κ1) is 22.8. The lowest BCUT2D eigenvalue weighted by atomic mass is 10.1. The van der Waals surface area contributed by atoms with Gasteiger partial charge in [0.1, 0.15) is 12.4 Å². The van der Waals surface area contributed by atoms with E-state index in [1.807, 2.05) is 61.1 Å². The van der Waals surface area contributed by atoms with E-state index in [0.29, 0.717) is 18.9 Å². The molecule has 6 rings (SSSR count). The summed E-state index contributed by atoms with van der Waals surface area (Å²) >= 11 is 0. The molecule has 0 saturated heterocycles. The lowest BCUT2D eigenvalue weighted by Gasteiger charge is -2.26. The van der Waals surface area contributed by atoms with Crippen LogP contribution in [0.4, 0.5) is 17.1 Å². The third-order valence-electron chi connectivity index (χ3n) is 6.52. The van der Waals surface area contributed by atoms with Gasteiger partial charge >= 0.3 is 0 Å². The van der Waals surface area contributed by atoms with E-state index in [0.717, 1.165) is 40.3 Å². The van der Waals surface area contributed by atoms with Crippen LogP contribution in [0.1, 0.15) is 16.8 Å². The highest BCUT2D eigenvalue weighted by Crippen LogP contribution is 2.31. The minimum Gasteiger partial charge on any atom is -0.490 e. The molecule has 1 aliphatic rings. The summed E-state index contributed by atoms with van der Waals surface area (Å²) in [6.07, 6.45) is 12.3. The maximum absolute atomic E-state index is 6.41. The maximum atomic E-state index is 6.41. The van der Waals surface area contributed by atoms with Crippen LogP contribution in [0.15, 0.2) is 97.7 Å². The minimum atomic E-state index is -0.135. The molecule has 0 radical (unpaired) electrons. The van der Waals surface area contributed by atoms with E-state index in [1.54, 1.807) is 6.20 Å². The molecule has 3 aromatic heterocycles. The summed E-state index contributed by atoms with van der Waals surface area (Å²) in [5.41, 5.74) is 13.8. The van der Waals surface area contributed by atoms with Crippen molar-refractivity contribution in [2.45, 2.75) is 19.0 Å². The number of nitrogens with two attached hydrogens (primary N) is 1. The second-order valence-corrected chi connectivity index (χ2v) is 9.17. The summed E-state index contributed by atoms with van der Waals surface area (Å²) in [5, 5.41) is 4.70. The predicted octanol–water partition coefficient (Wildman–Crippen LogP) is 5.64. The molecule has 4 heterocycles. The fraction of sp³-hybridized carbons (Fsp3) is 0.133. The highest BCUT2D eigenvalue weighted by atomic mass is 16.5. The quantitative estimate of drug-likeness (QED) is 0.262. The number of hydrogen-bond acceptors (Lipinski definition) is 6. The first-order valence-electron chi connectivity index (χ1n) is 12.4. The van der Waals surface area contributed by atoms with Gasteiger partial charge in [0.25, 0.3) is 0 Å². The lowest BCUT2D eigenvalue weighted by Crippen LogP contribution is -2.30. The van der Waals surface area contributed by atoms with E-state index in [4.69, 9.17) is 10.5 Å². The third-order valence-corrected chi connectivity index (χ3v) is 6.52. The van der Waals surface area contributed by atoms with Crippen LogP contribution in [0.5, 0.6) is 5.75 Å². The minimum absolute atomic E-state index is 0.135. The second-order valence-electron chi connectivity index (χ2n) is 9.17. The van der Waals surface area contributed by atoms with E-state index >= 15 is 0 Å². The first-order chi connectivity index (χ1) is 18.2. The van der Waals surface area contributed by atoms with Crippen molar-refractivity contribution in [3.8, 4) is 5.75 Å². The number of benzene rings is 2. The van der Waals surface area contributed by atoms with Gasteiger partial charge in [-0.15, -0.1) is 0 Å². The van der Waals surface area contributed by atoms with E-state index in [2.05, 4.69) is 61.7 Å². The van der Waals surface area contributed by atoms with Crippen molar-refractivity contribution in [3.63, 3.8) is 0 Å². The number of nitrogens with one attached hydrogen (secondary N) is 2. The molecular formula is C30H28N6O. The third kappa shape index (κ3) is 5.03. The smallest absolute Gasteiger partial charge is 0.139 e. The van der Waals surface area contributed by atoms with Crippen molar-refractivity contribution in [1.29, 1.82) is 0 Å². The summed E-state index contributed by atoms with van der Waals surface area (Å²) in [5.74, 6) is 0.693. The van der Waals surface area contributed by atoms with Crippen molar-refractivity contribution in [2.75, 3.05) is 16.8 Å². The number of para-hydroxylation sites is 2. The van der Waals surface area contributed by atoms with Crippen molar-refractivity contribution in [3.05, 3.63) is 115 Å². The molecule has 0 fully saturated rings. The number of nitrogens with zero attached hydrogens (tertiary/aromatic N) is 3. The molecule has 0 saturated carbocycles. The molecule has 1 atom stereocenters. The Morgan fingerprint density at radius 1 is 1.05 bits per heavy atom. The molecular weight excluding hydrogens is 460 g/mol. The van der Waals surface area contributed by atoms with Crippen LogP contribution in [0.3, 0.4) is 0 Å². The molecule has 0 spiro atoms. The van der Waals surface area contributed by atoms with Gasteiger partial charge < -0.3 is 25.7 Å². The summed E-state index contributed by atoms with van der Waals surface area (Å²) < 4.78 is 6.04. The normalized spacial score (nSPS) is 13.4. The molecule has 1 aliphatic heterocycles. The van der Waals surface area contributed by atoms with Gasteiger partial charge in [0.05, 0.1) is 30.3 Å². The fourth-order valence-corrected chi connectivity index (χ4v) is 4.66. The highest BCUT2D eigenvalue weighted by Gasteiger charge is 2.17. The number of rotatable bonds is 8. The van der Waals surface area contributed by atoms with Gasteiger partial charge in [0.15, 0.2) is 0 Å². The Bertz CT molecular complexity index is 1540. The van der Waals surface area contributed by atoms with Crippen LogP contribution in [-0.4, -0.2) is 27.6 Å². The summed E-state index contributed by atoms with van der Waals surface area (Å²) in [4.78, 5) is 14.5. The molecule has 5 aromatic rings. The Kier molecular flexibility index (Phi) is 6.27. The molecule has 4 N–H and O–H groups in total. The molecule has 2 aromatic carbocycles. The molecule has 0 aliphatic carbocycles. The molecule has 0 bridgehead atoms. The topological polar surface area (TPSA) is 92.1 Å². The summed E-state index contributed by atoms with van der Waals surface area (Å²) in [6, 6.07) is 22.3. The maximum Gasteiger partial charge on any atom is 0.139 e. The number of ether oxygens (including phenoxy) is 1. The van der Waals surface area contributed by atoms with Crippen LogP contribution in [0, 0.1) is 0 Å². The largest absolute Gasteiger partial charge is 0.490 e. The number of aromatic nitrogens is 3. The number of pyridine rings is 2. The Hall–Kier alpha value is -4.62. The van der Waals surface area contributed by atoms with E-state index < -0.39 is 0 Å². The van der Waals surface area contributed by atoms with Crippen LogP contribution >= 0.6 is 0 Å². The second kappa shape index (κ2) is 10.2. The SMILES string of the molecule is N[C@@H](COc1cncc(N2C=Cc3c(Nc4ccccc4)ccnc3C2)c1)Cc1c[nH]c2ccccc12. The Labute approximate surface area is 215 Å². The number of aromatic amines is 1. The summed E-state index contributed by atoms with van der Waals surface area (Å²) in [6.45, 7) is 1.04. The van der Waals surface area contributed by atoms with Crippen molar-refractivity contribution >= 4 is 34.0 Å². The molecule has 0 unspecified atom stereocenters. The van der Waals surface area contributed by atoms with Crippen LogP contribution in [-0.2, 0) is 13.0 Å². The van der Waals surface area contributed by atoms with Crippen molar-refractivity contribution in [2.24, 2.45) is 5.73 Å². The predicted molar refractivity (Wildman–Crippen MR) is 149 cm³/mol. The average molecular weight is 489 g/mol. The number of anilines is 3. The van der Waals surface area contributed by atoms with Gasteiger partial charge in [-0.05, 0) is 42.3 Å². The van der Waals surface area contributed by atoms with Crippen LogP contribution < -0.4 is 20.7 Å². The van der Waals surface area contributed by atoms with Gasteiger partial charge in [-0.25, -0.2) is 0 Å². The lowest BCUT2D eigenvalue weighted by molar-refractivity contribution is 0.287. The van der Waals surface area contributed by atoms with Crippen LogP contribution in [0.25, 0.3) is 17.0 Å². The van der Waals surface area contributed by atoms with E-state index in [1.165, 1.54) is 10.9 Å². The van der Waals surface area contributed by atoms with Gasteiger partial charge in [-0.3, -0.25) is 9.97 Å². The van der Waals surface area contributed by atoms with Gasteiger partial charge in [0.2, 0.25) is 0 Å². The number of hydrogen-bond donors (Lipinski definition) is 3. The van der Waals surface area contributed by atoms with Crippen molar-refractivity contribution in [1.82, 2.24) is 15.0 Å². The van der Waals surface area contributed by atoms with Gasteiger partial charge in [-0.2, -0.15) is 0 Å². The summed E-state index contributed by atoms with van der Waals surface area (Å²) in [7, 11) is 0. The zero-order valence-corrected chi connectivity index (χ0v) is 20.3. The molecule has 184 valence electrons. The highest BCUT2D eigenvalue weighted by molar-refractivity contribution is 5.83. The Morgan fingerprint density at radius 2 is 1.92 bits per heavy atom. The van der Waals surface area contributed by atoms with Crippen LogP contribution in [0.2, 0.25) is 0 Å². The van der Waals surface area contributed by atoms with E-state index in [-0.39, 0.29) is 6.04 Å². The fourth-order valence-electron chi connectivity index (χ4n) is 4.66. The number of H-pyrrole nitrogens is 1. The Balaban J connectivity index is 1.11. The zero-order chi connectivity index (χ0) is 25.0. The molecule has 37 heavy (non-hydrogen) atoms. The molecule has 7 heteroatoms. The molecule has 7 nitrogen and oxygen atoms in total. The average Bonchev–Trinajstić information content (AvgIpc) is 3.35. The van der Waals surface area contributed by atoms with Gasteiger partial charge in [-0.1, -0.05) is 36.4 Å². The Morgan fingerprint density at radius 3 is 2.84 bits per heavy atom. The van der Waals surface area contributed by atoms with Gasteiger partial charge in [0, 0.05) is 58.5 Å². The van der Waals surface area contributed by atoms with E-state index in [9.17, 15) is 0 Å². The standard InChI is InChI=1S/C30H28N6O/c31-22(14-21-16-34-28-9-5-4-8-26(21)28)20-37-25-15-24(17-32-18-25)36-13-11-27-29(10-12-33-30(27)19-36)35-23-6-2-1-3-7-23/h1-13,15-18,22,34H,14,19-20,31H2,(H,33,35)/t22-/m1/s1. The van der Waals surface area contributed by atoms with Crippen molar-refractivity contribution < 1.29 is 4.74 Å². The number of fused-ring (bicyclic) bond motifs is 2. The monoisotopic (exact) mass is 488 g/mol. The molecule has 0 amide bonds. The first-order valence-corrected chi connectivity index (χ1v) is 12.4. The zero-order valence-electron chi connectivity index (χ0n) is 20.3.